The number of methoxy groups -OCH3 is 1. The molecule has 134 valence electrons. The predicted molar refractivity (Wildman–Crippen MR) is 83.1 cm³/mol. The van der Waals surface area contributed by atoms with E-state index in [1.54, 1.807) is 10.7 Å². The molecule has 1 aromatic carbocycles. The Labute approximate surface area is 142 Å². The molecule has 1 aliphatic rings. The number of benzene rings is 1. The van der Waals surface area contributed by atoms with Crippen LogP contribution in [0, 0.1) is 0 Å². The summed E-state index contributed by atoms with van der Waals surface area (Å²) in [4.78, 5) is 12.3. The van der Waals surface area contributed by atoms with Gasteiger partial charge in [0.1, 0.15) is 11.5 Å². The number of rotatable bonds is 6. The summed E-state index contributed by atoms with van der Waals surface area (Å²) in [6, 6.07) is 5.85. The van der Waals surface area contributed by atoms with Crippen LogP contribution in [0.25, 0.3) is 0 Å². The van der Waals surface area contributed by atoms with Gasteiger partial charge < -0.3 is 19.5 Å². The van der Waals surface area contributed by atoms with E-state index >= 15 is 0 Å². The number of carbonyl (C=O) groups is 1. The zero-order valence-corrected chi connectivity index (χ0v) is 13.5. The highest BCUT2D eigenvalue weighted by molar-refractivity contribution is 5.97. The maximum Gasteiger partial charge on any atom is 0.387 e. The van der Waals surface area contributed by atoms with E-state index in [4.69, 9.17) is 9.47 Å². The van der Waals surface area contributed by atoms with Crippen molar-refractivity contribution in [3.63, 3.8) is 0 Å². The molecular formula is C16H17F2N3O4. The van der Waals surface area contributed by atoms with Crippen molar-refractivity contribution in [1.29, 1.82) is 0 Å². The molecule has 0 aliphatic carbocycles. The van der Waals surface area contributed by atoms with Crippen LogP contribution in [0.15, 0.2) is 24.3 Å². The Morgan fingerprint density at radius 3 is 3.00 bits per heavy atom. The molecule has 0 atom stereocenters. The fourth-order valence-corrected chi connectivity index (χ4v) is 2.48. The summed E-state index contributed by atoms with van der Waals surface area (Å²) in [6.45, 7) is -1.51. The lowest BCUT2D eigenvalue weighted by atomic mass is 10.1. The zero-order valence-electron chi connectivity index (χ0n) is 13.5. The number of aryl methyl sites for hydroxylation is 1. The number of hydrogen-bond acceptors (Lipinski definition) is 5. The lowest BCUT2D eigenvalue weighted by molar-refractivity contribution is -0.0502. The number of nitrogens with one attached hydrogen (secondary N) is 1. The monoisotopic (exact) mass is 353 g/mol. The average Bonchev–Trinajstić information content (AvgIpc) is 3.02. The van der Waals surface area contributed by atoms with Gasteiger partial charge in [-0.1, -0.05) is 0 Å². The van der Waals surface area contributed by atoms with Crippen molar-refractivity contribution in [2.75, 3.05) is 13.7 Å². The molecule has 1 aliphatic heterocycles. The first-order chi connectivity index (χ1) is 12.1. The van der Waals surface area contributed by atoms with Crippen LogP contribution in [0.5, 0.6) is 17.4 Å². The topological polar surface area (TPSA) is 74.6 Å². The third kappa shape index (κ3) is 3.98. The highest BCUT2D eigenvalue weighted by atomic mass is 19.3. The molecule has 0 bridgehead atoms. The molecule has 1 amide bonds. The van der Waals surface area contributed by atoms with Gasteiger partial charge in [-0.15, -0.1) is 0 Å². The fourth-order valence-electron chi connectivity index (χ4n) is 2.48. The maximum atomic E-state index is 12.6. The zero-order chi connectivity index (χ0) is 17.8. The number of carbonyl (C=O) groups excluding carboxylic acids is 1. The Kier molecular flexibility index (Phi) is 5.01. The summed E-state index contributed by atoms with van der Waals surface area (Å²) < 4.78 is 41.7. The lowest BCUT2D eigenvalue weighted by Gasteiger charge is -2.13. The van der Waals surface area contributed by atoms with Crippen molar-refractivity contribution in [3.8, 4) is 17.4 Å². The molecule has 1 aromatic heterocycles. The molecule has 3 rings (SSSR count). The average molecular weight is 353 g/mol. The normalized spacial score (nSPS) is 13.1. The Balaban J connectivity index is 1.71. The Bertz CT molecular complexity index is 740. The smallest absolute Gasteiger partial charge is 0.387 e. The quantitative estimate of drug-likeness (QED) is 0.862. The number of hydrogen-bond donors (Lipinski definition) is 1. The summed E-state index contributed by atoms with van der Waals surface area (Å²) in [5, 5.41) is 6.96. The molecule has 0 saturated carbocycles. The minimum Gasteiger partial charge on any atom is -0.497 e. The molecule has 2 heterocycles. The van der Waals surface area contributed by atoms with E-state index in [1.165, 1.54) is 25.3 Å². The first-order valence-electron chi connectivity index (χ1n) is 7.67. The van der Waals surface area contributed by atoms with Crippen molar-refractivity contribution < 1.29 is 27.8 Å². The van der Waals surface area contributed by atoms with Crippen LogP contribution >= 0.6 is 0 Å². The number of halogens is 2. The van der Waals surface area contributed by atoms with Gasteiger partial charge in [0.15, 0.2) is 0 Å². The number of nitrogens with zero attached hydrogens (tertiary/aromatic N) is 2. The summed E-state index contributed by atoms with van der Waals surface area (Å²) in [7, 11) is 1.39. The first kappa shape index (κ1) is 17.0. The van der Waals surface area contributed by atoms with E-state index < -0.39 is 12.5 Å². The standard InChI is InChI=1S/C16H17F2N3O4/c1-23-11-3-4-12(13(8-11)25-16(17)18)15(22)19-9-10-7-14-21(20-10)5-2-6-24-14/h3-4,7-8,16H,2,5-6,9H2,1H3,(H,19,22). The largest absolute Gasteiger partial charge is 0.497 e. The van der Waals surface area contributed by atoms with E-state index in [2.05, 4.69) is 15.2 Å². The minimum atomic E-state index is -3.05. The lowest BCUT2D eigenvalue weighted by Crippen LogP contribution is -2.24. The van der Waals surface area contributed by atoms with Crippen LogP contribution in [0.2, 0.25) is 0 Å². The van der Waals surface area contributed by atoms with Gasteiger partial charge >= 0.3 is 6.61 Å². The fraction of sp³-hybridized carbons (Fsp3) is 0.375. The van der Waals surface area contributed by atoms with Crippen LogP contribution in [0.4, 0.5) is 8.78 Å². The molecule has 7 nitrogen and oxygen atoms in total. The van der Waals surface area contributed by atoms with Gasteiger partial charge in [0.05, 0.1) is 31.5 Å². The van der Waals surface area contributed by atoms with Crippen molar-refractivity contribution in [2.45, 2.75) is 26.1 Å². The number of alkyl halides is 2. The molecule has 2 aromatic rings. The van der Waals surface area contributed by atoms with E-state index in [0.717, 1.165) is 13.0 Å². The van der Waals surface area contributed by atoms with Crippen molar-refractivity contribution in [1.82, 2.24) is 15.1 Å². The summed E-state index contributed by atoms with van der Waals surface area (Å²) in [5.41, 5.74) is 0.608. The molecular weight excluding hydrogens is 336 g/mol. The van der Waals surface area contributed by atoms with E-state index in [0.29, 0.717) is 23.9 Å². The van der Waals surface area contributed by atoms with Crippen LogP contribution in [0.3, 0.4) is 0 Å². The highest BCUT2D eigenvalue weighted by Gasteiger charge is 2.18. The SMILES string of the molecule is COc1ccc(C(=O)NCc2cc3n(n2)CCCO3)c(OC(F)F)c1. The first-order valence-corrected chi connectivity index (χ1v) is 7.67. The Morgan fingerprint density at radius 1 is 1.44 bits per heavy atom. The third-order valence-electron chi connectivity index (χ3n) is 3.64. The Morgan fingerprint density at radius 2 is 2.28 bits per heavy atom. The van der Waals surface area contributed by atoms with Gasteiger partial charge in [0.2, 0.25) is 5.88 Å². The minimum absolute atomic E-state index is 0.0127. The van der Waals surface area contributed by atoms with Gasteiger partial charge in [-0.25, -0.2) is 4.68 Å². The third-order valence-corrected chi connectivity index (χ3v) is 3.64. The van der Waals surface area contributed by atoms with Gasteiger partial charge in [-0.05, 0) is 12.1 Å². The van der Waals surface area contributed by atoms with Gasteiger partial charge in [0, 0.05) is 25.1 Å². The molecule has 0 fully saturated rings. The van der Waals surface area contributed by atoms with Gasteiger partial charge in [-0.2, -0.15) is 13.9 Å². The second-order valence-corrected chi connectivity index (χ2v) is 5.32. The van der Waals surface area contributed by atoms with Crippen LogP contribution in [0.1, 0.15) is 22.5 Å². The van der Waals surface area contributed by atoms with E-state index in [1.807, 2.05) is 0 Å². The second-order valence-electron chi connectivity index (χ2n) is 5.32. The van der Waals surface area contributed by atoms with Crippen molar-refractivity contribution in [2.24, 2.45) is 0 Å². The van der Waals surface area contributed by atoms with Crippen LogP contribution < -0.4 is 19.5 Å². The number of aromatic nitrogens is 2. The maximum absolute atomic E-state index is 12.6. The summed E-state index contributed by atoms with van der Waals surface area (Å²) in [5.74, 6) is 0.164. The van der Waals surface area contributed by atoms with Gasteiger partial charge in [-0.3, -0.25) is 4.79 Å². The molecule has 0 radical (unpaired) electrons. The summed E-state index contributed by atoms with van der Waals surface area (Å²) >= 11 is 0. The molecule has 0 unspecified atom stereocenters. The van der Waals surface area contributed by atoms with E-state index in [9.17, 15) is 13.6 Å². The summed E-state index contributed by atoms with van der Waals surface area (Å²) in [6.07, 6.45) is 0.876. The van der Waals surface area contributed by atoms with Crippen LogP contribution in [-0.4, -0.2) is 36.0 Å². The molecule has 0 saturated heterocycles. The molecule has 25 heavy (non-hydrogen) atoms. The van der Waals surface area contributed by atoms with Crippen LogP contribution in [-0.2, 0) is 13.1 Å². The Hall–Kier alpha value is -2.84. The number of ether oxygens (including phenoxy) is 3. The molecule has 1 N–H and O–H groups in total. The van der Waals surface area contributed by atoms with Crippen molar-refractivity contribution >= 4 is 5.91 Å². The molecule has 9 heteroatoms. The molecule has 0 spiro atoms. The predicted octanol–water partition coefficient (Wildman–Crippen LogP) is 2.21. The second kappa shape index (κ2) is 7.37. The van der Waals surface area contributed by atoms with Crippen molar-refractivity contribution in [3.05, 3.63) is 35.5 Å². The number of fused-ring (bicyclic) bond motifs is 1. The van der Waals surface area contributed by atoms with E-state index in [-0.39, 0.29) is 17.9 Å². The van der Waals surface area contributed by atoms with Gasteiger partial charge in [0.25, 0.3) is 5.91 Å². The number of amides is 1. The highest BCUT2D eigenvalue weighted by Crippen LogP contribution is 2.26.